The summed E-state index contributed by atoms with van der Waals surface area (Å²) in [6, 6.07) is 17.8. The zero-order valence-corrected chi connectivity index (χ0v) is 15.0. The van der Waals surface area contributed by atoms with Crippen LogP contribution in [0.15, 0.2) is 75.9 Å². The van der Waals surface area contributed by atoms with E-state index in [0.29, 0.717) is 28.8 Å². The van der Waals surface area contributed by atoms with E-state index in [1.54, 1.807) is 37.3 Å². The number of esters is 1. The quantitative estimate of drug-likeness (QED) is 0.363. The van der Waals surface area contributed by atoms with Gasteiger partial charge in [-0.05, 0) is 42.5 Å². The minimum absolute atomic E-state index is 0.105. The third-order valence-corrected chi connectivity index (χ3v) is 3.92. The summed E-state index contributed by atoms with van der Waals surface area (Å²) in [5.41, 5.74) is 1.36. The molecule has 0 radical (unpaired) electrons. The van der Waals surface area contributed by atoms with E-state index >= 15 is 0 Å². The molecular weight excluding hydrogens is 360 g/mol. The molecule has 0 spiro atoms. The molecule has 0 unspecified atom stereocenters. The van der Waals surface area contributed by atoms with Crippen LogP contribution in [0.2, 0.25) is 0 Å². The second-order valence-corrected chi connectivity index (χ2v) is 5.93. The molecule has 140 valence electrons. The zero-order chi connectivity index (χ0) is 19.3. The highest BCUT2D eigenvalue weighted by atomic mass is 16.5. The van der Waals surface area contributed by atoms with Crippen LogP contribution < -0.4 is 9.47 Å². The van der Waals surface area contributed by atoms with Crippen LogP contribution in [-0.4, -0.2) is 16.1 Å². The first kappa shape index (κ1) is 17.5. The summed E-state index contributed by atoms with van der Waals surface area (Å²) in [6.07, 6.45) is 1.43. The number of ether oxygens (including phenoxy) is 2. The van der Waals surface area contributed by atoms with Gasteiger partial charge in [0.15, 0.2) is 0 Å². The van der Waals surface area contributed by atoms with Gasteiger partial charge in [-0.2, -0.15) is 4.98 Å². The van der Waals surface area contributed by atoms with Crippen molar-refractivity contribution in [2.45, 2.75) is 13.5 Å². The fourth-order valence-electron chi connectivity index (χ4n) is 2.55. The van der Waals surface area contributed by atoms with Crippen molar-refractivity contribution >= 4 is 5.97 Å². The Balaban J connectivity index is 1.42. The number of furan rings is 1. The molecule has 4 aromatic rings. The van der Waals surface area contributed by atoms with E-state index in [0.717, 1.165) is 5.56 Å². The summed E-state index contributed by atoms with van der Waals surface area (Å²) in [7, 11) is 0. The molecule has 2 aromatic heterocycles. The predicted molar refractivity (Wildman–Crippen MR) is 98.9 cm³/mol. The minimum Gasteiger partial charge on any atom is -0.489 e. The number of para-hydroxylation sites is 1. The monoisotopic (exact) mass is 376 g/mol. The SMILES string of the molecule is Cc1nc(-c2ccc(OC(=O)c3occc3COc3ccccc3)cc2)no1. The number of hydrogen-bond acceptors (Lipinski definition) is 7. The molecule has 0 N–H and O–H groups in total. The largest absolute Gasteiger partial charge is 0.489 e. The predicted octanol–water partition coefficient (Wildman–Crippen LogP) is 4.44. The number of aryl methyl sites for hydroxylation is 1. The Hall–Kier alpha value is -3.87. The van der Waals surface area contributed by atoms with Crippen molar-refractivity contribution in [3.8, 4) is 22.9 Å². The standard InChI is InChI=1S/C21H16N2O5/c1-14-22-20(23-28-14)15-7-9-18(10-8-15)27-21(24)19-16(11-12-25-19)13-26-17-5-3-2-4-6-17/h2-12H,13H2,1H3. The van der Waals surface area contributed by atoms with E-state index in [1.165, 1.54) is 6.26 Å². The first-order valence-electron chi connectivity index (χ1n) is 8.56. The molecular formula is C21H16N2O5. The minimum atomic E-state index is -0.597. The molecule has 0 saturated carbocycles. The van der Waals surface area contributed by atoms with Gasteiger partial charge in [-0.1, -0.05) is 23.4 Å². The number of rotatable bonds is 6. The summed E-state index contributed by atoms with van der Waals surface area (Å²) in [6.45, 7) is 1.91. The number of aromatic nitrogens is 2. The van der Waals surface area contributed by atoms with Gasteiger partial charge in [0.2, 0.25) is 17.5 Å². The van der Waals surface area contributed by atoms with Gasteiger partial charge >= 0.3 is 5.97 Å². The fourth-order valence-corrected chi connectivity index (χ4v) is 2.55. The highest BCUT2D eigenvalue weighted by Gasteiger charge is 2.18. The van der Waals surface area contributed by atoms with Gasteiger partial charge in [0.1, 0.15) is 18.1 Å². The van der Waals surface area contributed by atoms with Gasteiger partial charge in [0.25, 0.3) is 0 Å². The Morgan fingerprint density at radius 3 is 2.50 bits per heavy atom. The van der Waals surface area contributed by atoms with Crippen LogP contribution in [0.1, 0.15) is 22.0 Å². The van der Waals surface area contributed by atoms with E-state index in [9.17, 15) is 4.79 Å². The molecule has 7 heteroatoms. The molecule has 0 amide bonds. The van der Waals surface area contributed by atoms with Crippen molar-refractivity contribution in [2.24, 2.45) is 0 Å². The van der Waals surface area contributed by atoms with Gasteiger partial charge in [-0.15, -0.1) is 0 Å². The number of hydrogen-bond donors (Lipinski definition) is 0. The second kappa shape index (κ2) is 7.79. The van der Waals surface area contributed by atoms with E-state index in [-0.39, 0.29) is 12.4 Å². The highest BCUT2D eigenvalue weighted by Crippen LogP contribution is 2.22. The number of carbonyl (C=O) groups excluding carboxylic acids is 1. The molecule has 0 bridgehead atoms. The topological polar surface area (TPSA) is 87.6 Å². The van der Waals surface area contributed by atoms with E-state index in [4.69, 9.17) is 18.4 Å². The molecule has 0 aliphatic heterocycles. The average Bonchev–Trinajstić information content (AvgIpc) is 3.37. The molecule has 2 heterocycles. The molecule has 0 aliphatic rings. The molecule has 0 atom stereocenters. The van der Waals surface area contributed by atoms with Crippen LogP contribution in [0.5, 0.6) is 11.5 Å². The zero-order valence-electron chi connectivity index (χ0n) is 15.0. The number of nitrogens with zero attached hydrogens (tertiary/aromatic N) is 2. The molecule has 0 aliphatic carbocycles. The van der Waals surface area contributed by atoms with Gasteiger partial charge in [-0.3, -0.25) is 0 Å². The highest BCUT2D eigenvalue weighted by molar-refractivity contribution is 5.89. The van der Waals surface area contributed by atoms with Gasteiger partial charge < -0.3 is 18.4 Å². The fraction of sp³-hybridized carbons (Fsp3) is 0.0952. The van der Waals surface area contributed by atoms with Crippen LogP contribution in [0.3, 0.4) is 0 Å². The van der Waals surface area contributed by atoms with Crippen molar-refractivity contribution in [1.82, 2.24) is 10.1 Å². The first-order chi connectivity index (χ1) is 13.7. The molecule has 7 nitrogen and oxygen atoms in total. The molecule has 2 aromatic carbocycles. The number of benzene rings is 2. The maximum Gasteiger partial charge on any atom is 0.380 e. The van der Waals surface area contributed by atoms with Crippen LogP contribution in [0.25, 0.3) is 11.4 Å². The normalized spacial score (nSPS) is 10.6. The summed E-state index contributed by atoms with van der Waals surface area (Å²) in [4.78, 5) is 16.6. The van der Waals surface area contributed by atoms with Crippen LogP contribution >= 0.6 is 0 Å². The van der Waals surface area contributed by atoms with Crippen molar-refractivity contribution in [3.05, 3.63) is 84.1 Å². The van der Waals surface area contributed by atoms with Crippen molar-refractivity contribution < 1.29 is 23.2 Å². The molecule has 4 rings (SSSR count). The van der Waals surface area contributed by atoms with Gasteiger partial charge in [0, 0.05) is 18.1 Å². The van der Waals surface area contributed by atoms with Crippen molar-refractivity contribution in [1.29, 1.82) is 0 Å². The summed E-state index contributed by atoms with van der Waals surface area (Å²) < 4.78 is 21.3. The first-order valence-corrected chi connectivity index (χ1v) is 8.56. The average molecular weight is 376 g/mol. The van der Waals surface area contributed by atoms with Crippen molar-refractivity contribution in [2.75, 3.05) is 0 Å². The third-order valence-electron chi connectivity index (χ3n) is 3.92. The maximum atomic E-state index is 12.5. The maximum absolute atomic E-state index is 12.5. The second-order valence-electron chi connectivity index (χ2n) is 5.93. The summed E-state index contributed by atoms with van der Waals surface area (Å²) >= 11 is 0. The molecule has 0 saturated heterocycles. The van der Waals surface area contributed by atoms with Crippen LogP contribution in [-0.2, 0) is 6.61 Å². The van der Waals surface area contributed by atoms with E-state index in [2.05, 4.69) is 10.1 Å². The third kappa shape index (κ3) is 3.93. The van der Waals surface area contributed by atoms with Crippen molar-refractivity contribution in [3.63, 3.8) is 0 Å². The Morgan fingerprint density at radius 2 is 1.79 bits per heavy atom. The van der Waals surface area contributed by atoms with E-state index in [1.807, 2.05) is 30.3 Å². The molecule has 28 heavy (non-hydrogen) atoms. The van der Waals surface area contributed by atoms with Crippen LogP contribution in [0.4, 0.5) is 0 Å². The Morgan fingerprint density at radius 1 is 1.00 bits per heavy atom. The lowest BCUT2D eigenvalue weighted by Gasteiger charge is -2.07. The lowest BCUT2D eigenvalue weighted by atomic mass is 10.2. The van der Waals surface area contributed by atoms with Gasteiger partial charge in [0.05, 0.1) is 6.26 Å². The lowest BCUT2D eigenvalue weighted by molar-refractivity contribution is 0.0697. The Labute approximate surface area is 160 Å². The lowest BCUT2D eigenvalue weighted by Crippen LogP contribution is -2.10. The van der Waals surface area contributed by atoms with E-state index < -0.39 is 5.97 Å². The Kier molecular flexibility index (Phi) is 4.88. The van der Waals surface area contributed by atoms with Crippen LogP contribution in [0, 0.1) is 6.92 Å². The van der Waals surface area contributed by atoms with Gasteiger partial charge in [-0.25, -0.2) is 4.79 Å². The smallest absolute Gasteiger partial charge is 0.380 e. The molecule has 0 fully saturated rings. The summed E-state index contributed by atoms with van der Waals surface area (Å²) in [5, 5.41) is 3.85. The Bertz CT molecular complexity index is 1070. The number of carbonyl (C=O) groups is 1. The summed E-state index contributed by atoms with van der Waals surface area (Å²) in [5.74, 6) is 1.54.